The van der Waals surface area contributed by atoms with E-state index < -0.39 is 10.0 Å². The van der Waals surface area contributed by atoms with Gasteiger partial charge in [0.05, 0.1) is 11.4 Å². The zero-order valence-electron chi connectivity index (χ0n) is 8.55. The Morgan fingerprint density at radius 3 is 2.80 bits per heavy atom. The predicted molar refractivity (Wildman–Crippen MR) is 58.6 cm³/mol. The molecule has 15 heavy (non-hydrogen) atoms. The topological polar surface area (TPSA) is 85.1 Å². The Hall–Kier alpha value is -0.980. The van der Waals surface area contributed by atoms with Crippen molar-refractivity contribution in [2.45, 2.75) is 13.0 Å². The Balaban J connectivity index is 2.41. The van der Waals surface area contributed by atoms with Crippen LogP contribution in [-0.2, 0) is 10.0 Å². The van der Waals surface area contributed by atoms with Crippen LogP contribution in [0.1, 0.15) is 18.7 Å². The summed E-state index contributed by atoms with van der Waals surface area (Å²) >= 11 is 0. The molecule has 1 atom stereocenters. The van der Waals surface area contributed by atoms with Gasteiger partial charge in [-0.1, -0.05) is 6.07 Å². The average Bonchev–Trinajstić information content (AvgIpc) is 2.17. The minimum absolute atomic E-state index is 0.0212. The van der Waals surface area contributed by atoms with Crippen molar-refractivity contribution in [3.8, 4) is 0 Å². The summed E-state index contributed by atoms with van der Waals surface area (Å²) < 4.78 is 21.3. The van der Waals surface area contributed by atoms with Gasteiger partial charge in [-0.25, -0.2) is 13.6 Å². The molecule has 3 N–H and O–H groups in total. The molecule has 0 aliphatic rings. The second-order valence-electron chi connectivity index (χ2n) is 3.30. The third-order valence-electron chi connectivity index (χ3n) is 1.97. The molecule has 0 fully saturated rings. The zero-order valence-corrected chi connectivity index (χ0v) is 9.37. The molecule has 0 aliphatic heterocycles. The van der Waals surface area contributed by atoms with Gasteiger partial charge in [0, 0.05) is 18.8 Å². The Morgan fingerprint density at radius 2 is 2.27 bits per heavy atom. The molecular weight excluding hydrogens is 214 g/mol. The Bertz CT molecular complexity index is 391. The van der Waals surface area contributed by atoms with E-state index in [2.05, 4.69) is 10.3 Å². The van der Waals surface area contributed by atoms with Gasteiger partial charge in [0.2, 0.25) is 10.0 Å². The van der Waals surface area contributed by atoms with Crippen molar-refractivity contribution in [3.05, 3.63) is 30.1 Å². The van der Waals surface area contributed by atoms with E-state index in [1.165, 1.54) is 0 Å². The Morgan fingerprint density at radius 1 is 1.53 bits per heavy atom. The lowest BCUT2D eigenvalue weighted by Gasteiger charge is -2.12. The van der Waals surface area contributed by atoms with Gasteiger partial charge in [-0.15, -0.1) is 0 Å². The lowest BCUT2D eigenvalue weighted by Crippen LogP contribution is -2.29. The molecule has 84 valence electrons. The summed E-state index contributed by atoms with van der Waals surface area (Å²) in [6, 6.07) is 5.63. The summed E-state index contributed by atoms with van der Waals surface area (Å²) in [5, 5.41) is 7.91. The number of nitrogens with one attached hydrogen (secondary N) is 1. The van der Waals surface area contributed by atoms with Gasteiger partial charge < -0.3 is 5.32 Å². The molecule has 0 saturated heterocycles. The maximum Gasteiger partial charge on any atom is 0.210 e. The van der Waals surface area contributed by atoms with Gasteiger partial charge in [0.1, 0.15) is 0 Å². The molecule has 0 bridgehead atoms. The lowest BCUT2D eigenvalue weighted by atomic mass is 10.2. The van der Waals surface area contributed by atoms with E-state index in [-0.39, 0.29) is 11.8 Å². The fourth-order valence-electron chi connectivity index (χ4n) is 1.15. The minimum atomic E-state index is -3.38. The third-order valence-corrected chi connectivity index (χ3v) is 2.74. The van der Waals surface area contributed by atoms with Gasteiger partial charge in [0.25, 0.3) is 0 Å². The highest BCUT2D eigenvalue weighted by atomic mass is 32.2. The van der Waals surface area contributed by atoms with Crippen molar-refractivity contribution in [2.24, 2.45) is 5.14 Å². The van der Waals surface area contributed by atoms with Crippen LogP contribution in [0.15, 0.2) is 24.4 Å². The maximum absolute atomic E-state index is 10.7. The van der Waals surface area contributed by atoms with Gasteiger partial charge in [-0.2, -0.15) is 0 Å². The molecule has 0 spiro atoms. The first-order chi connectivity index (χ1) is 6.99. The number of hydrogen-bond acceptors (Lipinski definition) is 4. The van der Waals surface area contributed by atoms with Crippen LogP contribution in [0.4, 0.5) is 0 Å². The van der Waals surface area contributed by atoms with E-state index in [0.29, 0.717) is 6.54 Å². The van der Waals surface area contributed by atoms with E-state index in [4.69, 9.17) is 5.14 Å². The normalized spacial score (nSPS) is 13.7. The lowest BCUT2D eigenvalue weighted by molar-refractivity contribution is 0.566. The number of hydrogen-bond donors (Lipinski definition) is 2. The van der Waals surface area contributed by atoms with Crippen LogP contribution in [0, 0.1) is 0 Å². The molecule has 1 rings (SSSR count). The summed E-state index contributed by atoms with van der Waals surface area (Å²) in [6.07, 6.45) is 1.70. The summed E-state index contributed by atoms with van der Waals surface area (Å²) in [4.78, 5) is 4.15. The molecule has 1 aromatic rings. The summed E-state index contributed by atoms with van der Waals surface area (Å²) in [5.41, 5.74) is 0.881. The molecule has 0 saturated carbocycles. The van der Waals surface area contributed by atoms with E-state index in [0.717, 1.165) is 5.69 Å². The van der Waals surface area contributed by atoms with E-state index in [1.54, 1.807) is 6.20 Å². The highest BCUT2D eigenvalue weighted by Gasteiger charge is 2.07. The van der Waals surface area contributed by atoms with E-state index in [9.17, 15) is 8.42 Å². The molecule has 0 amide bonds. The number of aromatic nitrogens is 1. The van der Waals surface area contributed by atoms with Crippen molar-refractivity contribution in [1.29, 1.82) is 0 Å². The second kappa shape index (κ2) is 5.20. The maximum atomic E-state index is 10.7. The first-order valence-corrected chi connectivity index (χ1v) is 6.35. The van der Waals surface area contributed by atoms with Gasteiger partial charge in [-0.05, 0) is 19.1 Å². The number of nitrogens with two attached hydrogens (primary N) is 1. The smallest absolute Gasteiger partial charge is 0.210 e. The SMILES string of the molecule is CC(NCCS(N)(=O)=O)c1ccccn1. The fourth-order valence-corrected chi connectivity index (χ4v) is 1.56. The van der Waals surface area contributed by atoms with Gasteiger partial charge >= 0.3 is 0 Å². The third kappa shape index (κ3) is 4.87. The van der Waals surface area contributed by atoms with Crippen LogP contribution in [0.3, 0.4) is 0 Å². The van der Waals surface area contributed by atoms with Gasteiger partial charge in [-0.3, -0.25) is 4.98 Å². The molecule has 0 aromatic carbocycles. The first-order valence-electron chi connectivity index (χ1n) is 4.64. The van der Waals surface area contributed by atoms with Crippen LogP contribution < -0.4 is 10.5 Å². The molecule has 6 heteroatoms. The number of nitrogens with zero attached hydrogens (tertiary/aromatic N) is 1. The molecule has 0 aliphatic carbocycles. The highest BCUT2D eigenvalue weighted by Crippen LogP contribution is 2.06. The monoisotopic (exact) mass is 229 g/mol. The second-order valence-corrected chi connectivity index (χ2v) is 5.03. The summed E-state index contributed by atoms with van der Waals surface area (Å²) in [7, 11) is -3.38. The molecule has 1 aromatic heterocycles. The van der Waals surface area contributed by atoms with Crippen LogP contribution in [0.5, 0.6) is 0 Å². The molecule has 1 unspecified atom stereocenters. The Labute approximate surface area is 89.8 Å². The number of sulfonamides is 1. The molecular formula is C9H15N3O2S. The number of primary sulfonamides is 1. The zero-order chi connectivity index (χ0) is 11.3. The average molecular weight is 229 g/mol. The van der Waals surface area contributed by atoms with Crippen LogP contribution in [0.25, 0.3) is 0 Å². The van der Waals surface area contributed by atoms with Crippen LogP contribution in [0.2, 0.25) is 0 Å². The molecule has 1 heterocycles. The summed E-state index contributed by atoms with van der Waals surface area (Å²) in [5.74, 6) is -0.0653. The minimum Gasteiger partial charge on any atom is -0.308 e. The van der Waals surface area contributed by atoms with Gasteiger partial charge in [0.15, 0.2) is 0 Å². The molecule has 5 nitrogen and oxygen atoms in total. The van der Waals surface area contributed by atoms with Crippen molar-refractivity contribution < 1.29 is 8.42 Å². The van der Waals surface area contributed by atoms with Crippen LogP contribution in [-0.4, -0.2) is 25.7 Å². The Kier molecular flexibility index (Phi) is 4.19. The largest absolute Gasteiger partial charge is 0.308 e. The van der Waals surface area contributed by atoms with Crippen molar-refractivity contribution in [2.75, 3.05) is 12.3 Å². The number of rotatable bonds is 5. The quantitative estimate of drug-likeness (QED) is 0.745. The fraction of sp³-hybridized carbons (Fsp3) is 0.444. The summed E-state index contributed by atoms with van der Waals surface area (Å²) in [6.45, 7) is 2.25. The van der Waals surface area contributed by atoms with E-state index >= 15 is 0 Å². The molecule has 0 radical (unpaired) electrons. The van der Waals surface area contributed by atoms with Crippen LogP contribution >= 0.6 is 0 Å². The highest BCUT2D eigenvalue weighted by molar-refractivity contribution is 7.89. The predicted octanol–water partition coefficient (Wildman–Crippen LogP) is 0.0207. The standard InChI is InChI=1S/C9H15N3O2S/c1-8(9-4-2-3-5-12-9)11-6-7-15(10,13)14/h2-5,8,11H,6-7H2,1H3,(H2,10,13,14). The van der Waals surface area contributed by atoms with Crippen molar-refractivity contribution >= 4 is 10.0 Å². The van der Waals surface area contributed by atoms with E-state index in [1.807, 2.05) is 25.1 Å². The van der Waals surface area contributed by atoms with Crippen molar-refractivity contribution in [3.63, 3.8) is 0 Å². The number of pyridine rings is 1. The first kappa shape index (κ1) is 12.1. The van der Waals surface area contributed by atoms with Crippen molar-refractivity contribution in [1.82, 2.24) is 10.3 Å².